The van der Waals surface area contributed by atoms with Gasteiger partial charge in [0.25, 0.3) is 0 Å². The lowest BCUT2D eigenvalue weighted by molar-refractivity contribution is -0.174. The van der Waals surface area contributed by atoms with Gasteiger partial charge in [0, 0.05) is 39.3 Å². The van der Waals surface area contributed by atoms with Crippen LogP contribution in [0.5, 0.6) is 0 Å². The van der Waals surface area contributed by atoms with E-state index in [4.69, 9.17) is 5.73 Å². The smallest absolute Gasteiger partial charge is 0.372 e. The maximum atomic E-state index is 12.2. The van der Waals surface area contributed by atoms with Gasteiger partial charge < -0.3 is 15.4 Å². The van der Waals surface area contributed by atoms with E-state index in [-0.39, 0.29) is 24.9 Å². The van der Waals surface area contributed by atoms with E-state index in [1.54, 1.807) is 4.90 Å². The lowest BCUT2D eigenvalue weighted by atomic mass is 10.0. The van der Waals surface area contributed by atoms with Crippen LogP contribution in [0.15, 0.2) is 0 Å². The third-order valence-corrected chi connectivity index (χ3v) is 3.76. The van der Waals surface area contributed by atoms with Gasteiger partial charge in [0.15, 0.2) is 0 Å². The van der Waals surface area contributed by atoms with Gasteiger partial charge in [0.1, 0.15) is 6.61 Å². The first-order chi connectivity index (χ1) is 10.7. The first-order valence-electron chi connectivity index (χ1n) is 8.10. The molecule has 0 aromatic rings. The third kappa shape index (κ3) is 9.66. The van der Waals surface area contributed by atoms with Gasteiger partial charge in [-0.05, 0) is 18.8 Å². The molecule has 0 aliphatic carbocycles. The number of alkyl halides is 3. The molecule has 0 aromatic carbocycles. The Labute approximate surface area is 148 Å². The van der Waals surface area contributed by atoms with E-state index in [2.05, 4.69) is 9.64 Å². The number of nitrogens with zero attached hydrogens (tertiary/aromatic N) is 2. The number of nitrogens with two attached hydrogens (primary N) is 1. The van der Waals surface area contributed by atoms with Crippen LogP contribution in [0.2, 0.25) is 0 Å². The van der Waals surface area contributed by atoms with Crippen LogP contribution in [0.1, 0.15) is 26.7 Å². The molecule has 1 aliphatic heterocycles. The van der Waals surface area contributed by atoms with E-state index in [0.717, 1.165) is 13.1 Å². The Morgan fingerprint density at radius 1 is 1.21 bits per heavy atom. The summed E-state index contributed by atoms with van der Waals surface area (Å²) in [6.07, 6.45) is -3.03. The molecule has 0 bridgehead atoms. The molecular weight excluding hydrogens is 347 g/mol. The molecule has 24 heavy (non-hydrogen) atoms. The summed E-state index contributed by atoms with van der Waals surface area (Å²) in [7, 11) is 0. The molecule has 0 radical (unpaired) electrons. The van der Waals surface area contributed by atoms with Gasteiger partial charge in [0.2, 0.25) is 5.91 Å². The second kappa shape index (κ2) is 11.1. The molecule has 9 heteroatoms. The minimum Gasteiger partial charge on any atom is -0.372 e. The Balaban J connectivity index is 0.00000529. The van der Waals surface area contributed by atoms with E-state index < -0.39 is 18.8 Å². The largest absolute Gasteiger partial charge is 0.411 e. The summed E-state index contributed by atoms with van der Waals surface area (Å²) < 4.78 is 40.3. The molecule has 1 aliphatic rings. The molecule has 144 valence electrons. The summed E-state index contributed by atoms with van der Waals surface area (Å²) in [5.74, 6) is 0.374. The molecule has 2 N–H and O–H groups in total. The van der Waals surface area contributed by atoms with Gasteiger partial charge in [-0.25, -0.2) is 0 Å². The van der Waals surface area contributed by atoms with E-state index in [1.807, 2.05) is 13.8 Å². The highest BCUT2D eigenvalue weighted by Gasteiger charge is 2.27. The normalized spacial score (nSPS) is 17.7. The van der Waals surface area contributed by atoms with Gasteiger partial charge in [-0.1, -0.05) is 13.8 Å². The van der Waals surface area contributed by atoms with E-state index >= 15 is 0 Å². The Morgan fingerprint density at radius 3 is 2.29 bits per heavy atom. The van der Waals surface area contributed by atoms with Crippen LogP contribution < -0.4 is 5.73 Å². The van der Waals surface area contributed by atoms with Gasteiger partial charge >= 0.3 is 6.18 Å². The number of piperazine rings is 1. The van der Waals surface area contributed by atoms with Crippen LogP contribution in [0.25, 0.3) is 0 Å². The number of hydrogen-bond donors (Lipinski definition) is 1. The molecule has 0 aromatic heterocycles. The molecule has 1 heterocycles. The van der Waals surface area contributed by atoms with Crippen molar-refractivity contribution in [3.8, 4) is 0 Å². The lowest BCUT2D eigenvalue weighted by Crippen LogP contribution is -2.53. The number of carbonyl (C=O) groups is 1. The highest BCUT2D eigenvalue weighted by Crippen LogP contribution is 2.14. The second-order valence-electron chi connectivity index (χ2n) is 6.42. The van der Waals surface area contributed by atoms with Crippen LogP contribution in [-0.2, 0) is 9.53 Å². The zero-order valence-corrected chi connectivity index (χ0v) is 15.2. The Hall–Kier alpha value is -0.570. The van der Waals surface area contributed by atoms with Crippen molar-refractivity contribution in [1.82, 2.24) is 9.80 Å². The van der Waals surface area contributed by atoms with Crippen LogP contribution in [0.4, 0.5) is 13.2 Å². The zero-order chi connectivity index (χ0) is 17.5. The minimum absolute atomic E-state index is 0. The van der Waals surface area contributed by atoms with Gasteiger partial charge in [-0.15, -0.1) is 12.4 Å². The molecule has 1 amide bonds. The van der Waals surface area contributed by atoms with Gasteiger partial charge in [-0.3, -0.25) is 9.69 Å². The average Bonchev–Trinajstić information content (AvgIpc) is 2.45. The fourth-order valence-electron chi connectivity index (χ4n) is 2.61. The Kier molecular flexibility index (Phi) is 10.9. The fraction of sp³-hybridized carbons (Fsp3) is 0.933. The Bertz CT molecular complexity index is 362. The predicted octanol–water partition coefficient (Wildman–Crippen LogP) is 1.89. The molecule has 0 spiro atoms. The van der Waals surface area contributed by atoms with Gasteiger partial charge in [0.05, 0.1) is 6.04 Å². The van der Waals surface area contributed by atoms with Crippen LogP contribution in [-0.4, -0.2) is 73.9 Å². The van der Waals surface area contributed by atoms with Crippen molar-refractivity contribution in [1.29, 1.82) is 0 Å². The van der Waals surface area contributed by atoms with Crippen molar-refractivity contribution < 1.29 is 22.7 Å². The van der Waals surface area contributed by atoms with Crippen molar-refractivity contribution in [3.05, 3.63) is 0 Å². The van der Waals surface area contributed by atoms with E-state index in [0.29, 0.717) is 38.4 Å². The first-order valence-corrected chi connectivity index (χ1v) is 8.10. The highest BCUT2D eigenvalue weighted by molar-refractivity contribution is 5.85. The average molecular weight is 376 g/mol. The number of amides is 1. The van der Waals surface area contributed by atoms with Crippen LogP contribution in [0.3, 0.4) is 0 Å². The fourth-order valence-corrected chi connectivity index (χ4v) is 2.61. The van der Waals surface area contributed by atoms with Crippen LogP contribution >= 0.6 is 12.4 Å². The van der Waals surface area contributed by atoms with Crippen LogP contribution in [0, 0.1) is 5.92 Å². The summed E-state index contributed by atoms with van der Waals surface area (Å²) in [6.45, 7) is 6.33. The summed E-state index contributed by atoms with van der Waals surface area (Å²) in [5, 5.41) is 0. The second-order valence-corrected chi connectivity index (χ2v) is 6.42. The summed E-state index contributed by atoms with van der Waals surface area (Å²) in [5.41, 5.74) is 5.92. The molecule has 0 saturated carbocycles. The third-order valence-electron chi connectivity index (χ3n) is 3.76. The molecule has 5 nitrogen and oxygen atoms in total. The number of rotatable bonds is 8. The number of halogens is 4. The summed E-state index contributed by atoms with van der Waals surface area (Å²) >= 11 is 0. The molecular formula is C15H29ClF3N3O2. The standard InChI is InChI=1S/C15H28F3N3O2.ClH/c1-12(2)10-13(19)14(22)21-7-5-20(6-8-21)4-3-9-23-11-15(16,17)18;/h12-13H,3-11,19H2,1-2H3;1H/t13-;/m0./s1. The molecule has 1 fully saturated rings. The highest BCUT2D eigenvalue weighted by atomic mass is 35.5. The first kappa shape index (κ1) is 23.4. The van der Waals surface area contributed by atoms with E-state index in [1.165, 1.54) is 0 Å². The summed E-state index contributed by atoms with van der Waals surface area (Å²) in [4.78, 5) is 16.1. The van der Waals surface area contributed by atoms with Gasteiger partial charge in [-0.2, -0.15) is 13.2 Å². The molecule has 1 atom stereocenters. The van der Waals surface area contributed by atoms with Crippen molar-refractivity contribution in [2.24, 2.45) is 11.7 Å². The van der Waals surface area contributed by atoms with Crippen molar-refractivity contribution >= 4 is 18.3 Å². The zero-order valence-electron chi connectivity index (χ0n) is 14.3. The quantitative estimate of drug-likeness (QED) is 0.658. The number of carbonyl (C=O) groups excluding carboxylic acids is 1. The van der Waals surface area contributed by atoms with Crippen molar-refractivity contribution in [3.63, 3.8) is 0 Å². The predicted molar refractivity (Wildman–Crippen MR) is 89.2 cm³/mol. The van der Waals surface area contributed by atoms with Crippen molar-refractivity contribution in [2.75, 3.05) is 45.9 Å². The number of ether oxygens (including phenoxy) is 1. The monoisotopic (exact) mass is 375 g/mol. The number of hydrogen-bond acceptors (Lipinski definition) is 4. The minimum atomic E-state index is -4.26. The van der Waals surface area contributed by atoms with Crippen molar-refractivity contribution in [2.45, 2.75) is 38.9 Å². The maximum Gasteiger partial charge on any atom is 0.411 e. The molecule has 1 rings (SSSR count). The molecule has 1 saturated heterocycles. The summed E-state index contributed by atoms with van der Waals surface area (Å²) in [6, 6.07) is -0.447. The molecule has 0 unspecified atom stereocenters. The maximum absolute atomic E-state index is 12.2. The van der Waals surface area contributed by atoms with E-state index in [9.17, 15) is 18.0 Å². The lowest BCUT2D eigenvalue weighted by Gasteiger charge is -2.36. The Morgan fingerprint density at radius 2 is 1.79 bits per heavy atom. The topological polar surface area (TPSA) is 58.8 Å². The SMILES string of the molecule is CC(C)C[C@H](N)C(=O)N1CCN(CCCOCC(F)(F)F)CC1.Cl.